The number of aromatic nitrogens is 4. The average molecular weight is 208 g/mol. The SMILES string of the molecule is CC(C)c1nc(-c2cnn(C)c2)ns1. The van der Waals surface area contributed by atoms with Crippen molar-refractivity contribution in [1.29, 1.82) is 0 Å². The summed E-state index contributed by atoms with van der Waals surface area (Å²) in [6.45, 7) is 4.24. The lowest BCUT2D eigenvalue weighted by Crippen LogP contribution is -1.86. The molecule has 0 radical (unpaired) electrons. The van der Waals surface area contributed by atoms with Gasteiger partial charge in [-0.1, -0.05) is 13.8 Å². The molecule has 74 valence electrons. The van der Waals surface area contributed by atoms with Gasteiger partial charge in [0.2, 0.25) is 0 Å². The van der Waals surface area contributed by atoms with Crippen LogP contribution >= 0.6 is 11.5 Å². The summed E-state index contributed by atoms with van der Waals surface area (Å²) in [7, 11) is 1.89. The molecule has 0 fully saturated rings. The molecule has 0 saturated heterocycles. The van der Waals surface area contributed by atoms with Gasteiger partial charge in [0.15, 0.2) is 5.82 Å². The van der Waals surface area contributed by atoms with Crippen LogP contribution in [-0.4, -0.2) is 19.1 Å². The minimum absolute atomic E-state index is 0.443. The lowest BCUT2D eigenvalue weighted by atomic mass is 10.2. The molecular formula is C9H12N4S. The highest BCUT2D eigenvalue weighted by molar-refractivity contribution is 7.05. The smallest absolute Gasteiger partial charge is 0.176 e. The first-order valence-corrected chi connectivity index (χ1v) is 5.27. The van der Waals surface area contributed by atoms with E-state index in [9.17, 15) is 0 Å². The molecule has 2 aromatic heterocycles. The van der Waals surface area contributed by atoms with Crippen LogP contribution in [0.4, 0.5) is 0 Å². The molecule has 0 aliphatic carbocycles. The van der Waals surface area contributed by atoms with Crippen LogP contribution in [0.5, 0.6) is 0 Å². The van der Waals surface area contributed by atoms with Gasteiger partial charge < -0.3 is 0 Å². The molecule has 0 aliphatic heterocycles. The van der Waals surface area contributed by atoms with E-state index < -0.39 is 0 Å². The zero-order valence-electron chi connectivity index (χ0n) is 8.43. The molecule has 5 heteroatoms. The van der Waals surface area contributed by atoms with Gasteiger partial charge in [-0.2, -0.15) is 9.47 Å². The standard InChI is InChI=1S/C9H12N4S/c1-6(2)9-11-8(12-14-9)7-4-10-13(3)5-7/h4-6H,1-3H3. The Hall–Kier alpha value is -1.23. The van der Waals surface area contributed by atoms with E-state index in [1.54, 1.807) is 10.9 Å². The quantitative estimate of drug-likeness (QED) is 0.758. The lowest BCUT2D eigenvalue weighted by Gasteiger charge is -1.93. The van der Waals surface area contributed by atoms with Crippen molar-refractivity contribution < 1.29 is 0 Å². The van der Waals surface area contributed by atoms with Crippen molar-refractivity contribution >= 4 is 11.5 Å². The molecule has 2 heterocycles. The number of nitrogens with zero attached hydrogens (tertiary/aromatic N) is 4. The van der Waals surface area contributed by atoms with Gasteiger partial charge >= 0.3 is 0 Å². The van der Waals surface area contributed by atoms with Gasteiger partial charge in [-0.15, -0.1) is 0 Å². The largest absolute Gasteiger partial charge is 0.275 e. The fourth-order valence-corrected chi connectivity index (χ4v) is 1.79. The summed E-state index contributed by atoms with van der Waals surface area (Å²) in [4.78, 5) is 4.45. The van der Waals surface area contributed by atoms with E-state index in [0.717, 1.165) is 16.4 Å². The normalized spacial score (nSPS) is 11.1. The monoisotopic (exact) mass is 208 g/mol. The number of rotatable bonds is 2. The Morgan fingerprint density at radius 2 is 2.21 bits per heavy atom. The van der Waals surface area contributed by atoms with Crippen LogP contribution in [0.2, 0.25) is 0 Å². The zero-order chi connectivity index (χ0) is 10.1. The molecule has 2 rings (SSSR count). The minimum atomic E-state index is 0.443. The second-order valence-corrected chi connectivity index (χ2v) is 4.30. The first-order chi connectivity index (χ1) is 6.66. The van der Waals surface area contributed by atoms with E-state index in [4.69, 9.17) is 0 Å². The van der Waals surface area contributed by atoms with Gasteiger partial charge in [-0.3, -0.25) is 4.68 Å². The maximum atomic E-state index is 4.45. The molecule has 4 nitrogen and oxygen atoms in total. The molecule has 0 unspecified atom stereocenters. The number of aryl methyl sites for hydroxylation is 1. The summed E-state index contributed by atoms with van der Waals surface area (Å²) in [5.74, 6) is 1.23. The Kier molecular flexibility index (Phi) is 2.33. The summed E-state index contributed by atoms with van der Waals surface area (Å²) in [6.07, 6.45) is 3.71. The van der Waals surface area contributed by atoms with Crippen molar-refractivity contribution in [2.24, 2.45) is 7.05 Å². The second kappa shape index (κ2) is 3.49. The fourth-order valence-electron chi connectivity index (χ4n) is 1.12. The predicted molar refractivity (Wildman–Crippen MR) is 56.2 cm³/mol. The van der Waals surface area contributed by atoms with Gasteiger partial charge in [0.05, 0.1) is 11.8 Å². The highest BCUT2D eigenvalue weighted by Crippen LogP contribution is 2.21. The number of hydrogen-bond acceptors (Lipinski definition) is 4. The van der Waals surface area contributed by atoms with Crippen LogP contribution in [0.25, 0.3) is 11.4 Å². The van der Waals surface area contributed by atoms with Crippen molar-refractivity contribution in [3.63, 3.8) is 0 Å². The number of hydrogen-bond donors (Lipinski definition) is 0. The van der Waals surface area contributed by atoms with Gasteiger partial charge in [-0.05, 0) is 11.5 Å². The summed E-state index contributed by atoms with van der Waals surface area (Å²) in [5, 5.41) is 5.16. The van der Waals surface area contributed by atoms with Gasteiger partial charge in [0.25, 0.3) is 0 Å². The Morgan fingerprint density at radius 1 is 1.43 bits per heavy atom. The Bertz CT molecular complexity index is 429. The summed E-state index contributed by atoms with van der Waals surface area (Å²) in [6, 6.07) is 0. The molecule has 0 aliphatic rings. The first-order valence-electron chi connectivity index (χ1n) is 4.49. The molecule has 0 bridgehead atoms. The molecule has 14 heavy (non-hydrogen) atoms. The van der Waals surface area contributed by atoms with Crippen molar-refractivity contribution in [1.82, 2.24) is 19.1 Å². The topological polar surface area (TPSA) is 43.6 Å². The molecule has 0 amide bonds. The van der Waals surface area contributed by atoms with Gasteiger partial charge in [0, 0.05) is 19.2 Å². The summed E-state index contributed by atoms with van der Waals surface area (Å²) in [5.41, 5.74) is 0.982. The second-order valence-electron chi connectivity index (χ2n) is 3.51. The molecule has 0 N–H and O–H groups in total. The Morgan fingerprint density at radius 3 is 2.71 bits per heavy atom. The van der Waals surface area contributed by atoms with Crippen molar-refractivity contribution in [2.75, 3.05) is 0 Å². The van der Waals surface area contributed by atoms with Crippen molar-refractivity contribution in [3.05, 3.63) is 17.4 Å². The molecule has 0 spiro atoms. The van der Waals surface area contributed by atoms with E-state index in [1.165, 1.54) is 11.5 Å². The Balaban J connectivity index is 2.33. The lowest BCUT2D eigenvalue weighted by molar-refractivity contribution is 0.768. The van der Waals surface area contributed by atoms with E-state index in [2.05, 4.69) is 28.3 Å². The maximum Gasteiger partial charge on any atom is 0.176 e. The summed E-state index contributed by atoms with van der Waals surface area (Å²) >= 11 is 1.46. The van der Waals surface area contributed by atoms with E-state index in [-0.39, 0.29) is 0 Å². The van der Waals surface area contributed by atoms with Crippen LogP contribution in [0.3, 0.4) is 0 Å². The maximum absolute atomic E-state index is 4.45. The fraction of sp³-hybridized carbons (Fsp3) is 0.444. The van der Waals surface area contributed by atoms with Crippen LogP contribution in [-0.2, 0) is 7.05 Å². The van der Waals surface area contributed by atoms with Crippen LogP contribution in [0.1, 0.15) is 24.8 Å². The highest BCUT2D eigenvalue weighted by atomic mass is 32.1. The first kappa shape index (κ1) is 9.33. The molecule has 0 saturated carbocycles. The van der Waals surface area contributed by atoms with Gasteiger partial charge in [-0.25, -0.2) is 4.98 Å². The molecule has 0 atom stereocenters. The zero-order valence-corrected chi connectivity index (χ0v) is 9.25. The van der Waals surface area contributed by atoms with Gasteiger partial charge in [0.1, 0.15) is 5.01 Å². The van der Waals surface area contributed by atoms with Crippen molar-refractivity contribution in [3.8, 4) is 11.4 Å². The van der Waals surface area contributed by atoms with Crippen LogP contribution in [0.15, 0.2) is 12.4 Å². The Labute approximate surface area is 86.8 Å². The average Bonchev–Trinajstić information content (AvgIpc) is 2.70. The van der Waals surface area contributed by atoms with E-state index in [0.29, 0.717) is 5.92 Å². The van der Waals surface area contributed by atoms with E-state index in [1.807, 2.05) is 13.2 Å². The van der Waals surface area contributed by atoms with Crippen LogP contribution < -0.4 is 0 Å². The third kappa shape index (κ3) is 1.68. The predicted octanol–water partition coefficient (Wildman–Crippen LogP) is 2.06. The minimum Gasteiger partial charge on any atom is -0.275 e. The molecule has 0 aromatic carbocycles. The van der Waals surface area contributed by atoms with Crippen molar-refractivity contribution in [2.45, 2.75) is 19.8 Å². The third-order valence-corrected chi connectivity index (χ3v) is 2.91. The summed E-state index contributed by atoms with van der Waals surface area (Å²) < 4.78 is 6.05. The third-order valence-electron chi connectivity index (χ3n) is 1.90. The highest BCUT2D eigenvalue weighted by Gasteiger charge is 2.10. The van der Waals surface area contributed by atoms with E-state index >= 15 is 0 Å². The van der Waals surface area contributed by atoms with Crippen LogP contribution in [0, 0.1) is 0 Å². The molecule has 2 aromatic rings. The molecular weight excluding hydrogens is 196 g/mol.